The van der Waals surface area contributed by atoms with Crippen LogP contribution in [0, 0.1) is 5.92 Å². The van der Waals surface area contributed by atoms with Crippen molar-refractivity contribution in [3.05, 3.63) is 0 Å². The molecule has 0 aromatic heterocycles. The topological polar surface area (TPSA) is 93.5 Å². The molecular formula is C11H21N3O3. The van der Waals surface area contributed by atoms with Crippen LogP contribution in [0.5, 0.6) is 0 Å². The Balaban J connectivity index is 2.06. The SMILES string of the molecule is COCCNC(=O)CNC(=O)[C@@H](N)CC1CC1. The summed E-state index contributed by atoms with van der Waals surface area (Å²) in [6.45, 7) is 0.876. The van der Waals surface area contributed by atoms with Gasteiger partial charge in [0.1, 0.15) is 0 Å². The lowest BCUT2D eigenvalue weighted by molar-refractivity contribution is -0.127. The minimum absolute atomic E-state index is 0.0269. The highest BCUT2D eigenvalue weighted by Crippen LogP contribution is 2.32. The number of nitrogens with two attached hydrogens (primary N) is 1. The molecule has 0 saturated heterocycles. The highest BCUT2D eigenvalue weighted by Gasteiger charge is 2.26. The first-order chi connectivity index (χ1) is 8.13. The highest BCUT2D eigenvalue weighted by molar-refractivity contribution is 5.87. The third-order valence-corrected chi connectivity index (χ3v) is 2.67. The van der Waals surface area contributed by atoms with Gasteiger partial charge in [0.15, 0.2) is 0 Å². The van der Waals surface area contributed by atoms with Crippen LogP contribution < -0.4 is 16.4 Å². The van der Waals surface area contributed by atoms with E-state index < -0.39 is 6.04 Å². The Hall–Kier alpha value is -1.14. The zero-order chi connectivity index (χ0) is 12.7. The predicted molar refractivity (Wildman–Crippen MR) is 63.2 cm³/mol. The van der Waals surface area contributed by atoms with Gasteiger partial charge < -0.3 is 21.1 Å². The van der Waals surface area contributed by atoms with Crippen molar-refractivity contribution in [2.24, 2.45) is 11.7 Å². The molecule has 17 heavy (non-hydrogen) atoms. The molecule has 0 spiro atoms. The van der Waals surface area contributed by atoms with Gasteiger partial charge in [-0.25, -0.2) is 0 Å². The van der Waals surface area contributed by atoms with Gasteiger partial charge in [-0.1, -0.05) is 12.8 Å². The summed E-state index contributed by atoms with van der Waals surface area (Å²) in [6, 6.07) is -0.491. The van der Waals surface area contributed by atoms with E-state index in [0.717, 1.165) is 6.42 Å². The normalized spacial score (nSPS) is 16.4. The maximum absolute atomic E-state index is 11.5. The lowest BCUT2D eigenvalue weighted by Gasteiger charge is -2.11. The molecule has 98 valence electrons. The molecule has 1 saturated carbocycles. The fourth-order valence-electron chi connectivity index (χ4n) is 1.47. The van der Waals surface area contributed by atoms with Gasteiger partial charge in [0.2, 0.25) is 11.8 Å². The van der Waals surface area contributed by atoms with E-state index in [1.54, 1.807) is 7.11 Å². The Bertz CT molecular complexity index is 267. The summed E-state index contributed by atoms with van der Waals surface area (Å²) in [4.78, 5) is 22.8. The van der Waals surface area contributed by atoms with Crippen LogP contribution in [-0.2, 0) is 14.3 Å². The van der Waals surface area contributed by atoms with Crippen LogP contribution in [0.15, 0.2) is 0 Å². The maximum atomic E-state index is 11.5. The minimum Gasteiger partial charge on any atom is -0.383 e. The quantitative estimate of drug-likeness (QED) is 0.476. The molecule has 6 nitrogen and oxygen atoms in total. The summed E-state index contributed by atoms with van der Waals surface area (Å²) in [5, 5.41) is 5.14. The summed E-state index contributed by atoms with van der Waals surface area (Å²) < 4.78 is 4.78. The Morgan fingerprint density at radius 3 is 2.71 bits per heavy atom. The van der Waals surface area contributed by atoms with E-state index in [-0.39, 0.29) is 18.4 Å². The molecule has 0 unspecified atom stereocenters. The second-order valence-corrected chi connectivity index (χ2v) is 4.35. The lowest BCUT2D eigenvalue weighted by atomic mass is 10.1. The fourth-order valence-corrected chi connectivity index (χ4v) is 1.47. The van der Waals surface area contributed by atoms with Crippen molar-refractivity contribution in [1.29, 1.82) is 0 Å². The predicted octanol–water partition coefficient (Wildman–Crippen LogP) is -1.01. The molecular weight excluding hydrogens is 222 g/mol. The van der Waals surface area contributed by atoms with E-state index in [9.17, 15) is 9.59 Å². The van der Waals surface area contributed by atoms with E-state index in [1.165, 1.54) is 12.8 Å². The fraction of sp³-hybridized carbons (Fsp3) is 0.818. The van der Waals surface area contributed by atoms with Gasteiger partial charge in [-0.15, -0.1) is 0 Å². The monoisotopic (exact) mass is 243 g/mol. The van der Waals surface area contributed by atoms with Gasteiger partial charge in [-0.05, 0) is 12.3 Å². The Morgan fingerprint density at radius 1 is 1.41 bits per heavy atom. The molecule has 1 atom stereocenters. The second-order valence-electron chi connectivity index (χ2n) is 4.35. The molecule has 0 bridgehead atoms. The van der Waals surface area contributed by atoms with Crippen molar-refractivity contribution < 1.29 is 14.3 Å². The van der Waals surface area contributed by atoms with Gasteiger partial charge >= 0.3 is 0 Å². The highest BCUT2D eigenvalue weighted by atomic mass is 16.5. The van der Waals surface area contributed by atoms with Crippen molar-refractivity contribution in [2.75, 3.05) is 26.8 Å². The number of methoxy groups -OCH3 is 1. The number of ether oxygens (including phenoxy) is 1. The number of nitrogens with one attached hydrogen (secondary N) is 2. The van der Waals surface area contributed by atoms with Crippen molar-refractivity contribution in [3.8, 4) is 0 Å². The van der Waals surface area contributed by atoms with E-state index in [2.05, 4.69) is 10.6 Å². The molecule has 1 rings (SSSR count). The van der Waals surface area contributed by atoms with Crippen LogP contribution in [0.1, 0.15) is 19.3 Å². The van der Waals surface area contributed by atoms with Crippen LogP contribution in [0.2, 0.25) is 0 Å². The van der Waals surface area contributed by atoms with Gasteiger partial charge in [0, 0.05) is 13.7 Å². The van der Waals surface area contributed by atoms with Crippen LogP contribution in [0.4, 0.5) is 0 Å². The number of hydrogen-bond acceptors (Lipinski definition) is 4. The van der Waals surface area contributed by atoms with E-state index in [0.29, 0.717) is 19.1 Å². The molecule has 1 aliphatic rings. The third-order valence-electron chi connectivity index (χ3n) is 2.67. The van der Waals surface area contributed by atoms with Crippen LogP contribution >= 0.6 is 0 Å². The largest absolute Gasteiger partial charge is 0.383 e. The number of hydrogen-bond donors (Lipinski definition) is 3. The van der Waals surface area contributed by atoms with Gasteiger partial charge in [0.05, 0.1) is 19.2 Å². The van der Waals surface area contributed by atoms with Gasteiger partial charge in [0.25, 0.3) is 0 Å². The summed E-state index contributed by atoms with van der Waals surface area (Å²) in [6.07, 6.45) is 3.05. The van der Waals surface area contributed by atoms with E-state index in [4.69, 9.17) is 10.5 Å². The van der Waals surface area contributed by atoms with Gasteiger partial charge in [-0.2, -0.15) is 0 Å². The number of carbonyl (C=O) groups excluding carboxylic acids is 2. The van der Waals surface area contributed by atoms with Crippen molar-refractivity contribution in [2.45, 2.75) is 25.3 Å². The van der Waals surface area contributed by atoms with Crippen LogP contribution in [0.3, 0.4) is 0 Å². The molecule has 1 aliphatic carbocycles. The lowest BCUT2D eigenvalue weighted by Crippen LogP contribution is -2.45. The van der Waals surface area contributed by atoms with Crippen molar-refractivity contribution >= 4 is 11.8 Å². The Kier molecular flexibility index (Phi) is 5.93. The Labute approximate surface area is 101 Å². The first kappa shape index (κ1) is 13.9. The average Bonchev–Trinajstić information content (AvgIpc) is 3.10. The first-order valence-electron chi connectivity index (χ1n) is 5.92. The Morgan fingerprint density at radius 2 is 2.12 bits per heavy atom. The van der Waals surface area contributed by atoms with Gasteiger partial charge in [-0.3, -0.25) is 9.59 Å². The first-order valence-corrected chi connectivity index (χ1v) is 5.92. The zero-order valence-corrected chi connectivity index (χ0v) is 10.2. The van der Waals surface area contributed by atoms with Crippen LogP contribution in [0.25, 0.3) is 0 Å². The molecule has 0 aromatic rings. The summed E-state index contributed by atoms with van der Waals surface area (Å²) in [5.41, 5.74) is 5.70. The molecule has 6 heteroatoms. The number of amides is 2. The zero-order valence-electron chi connectivity index (χ0n) is 10.2. The van der Waals surface area contributed by atoms with Crippen molar-refractivity contribution in [3.63, 3.8) is 0 Å². The van der Waals surface area contributed by atoms with Crippen LogP contribution in [-0.4, -0.2) is 44.7 Å². The summed E-state index contributed by atoms with van der Waals surface area (Å²) >= 11 is 0. The maximum Gasteiger partial charge on any atom is 0.239 e. The van der Waals surface area contributed by atoms with E-state index in [1.807, 2.05) is 0 Å². The smallest absolute Gasteiger partial charge is 0.239 e. The summed E-state index contributed by atoms with van der Waals surface area (Å²) in [5.74, 6) is 0.124. The standard InChI is InChI=1S/C11H21N3O3/c1-17-5-4-13-10(15)7-14-11(16)9(12)6-8-2-3-8/h8-9H,2-7,12H2,1H3,(H,13,15)(H,14,16)/t9-/m0/s1. The molecule has 2 amide bonds. The summed E-state index contributed by atoms with van der Waals surface area (Å²) in [7, 11) is 1.56. The molecule has 0 heterocycles. The molecule has 0 radical (unpaired) electrons. The molecule has 1 fully saturated rings. The number of rotatable bonds is 8. The van der Waals surface area contributed by atoms with Crippen molar-refractivity contribution in [1.82, 2.24) is 10.6 Å². The molecule has 4 N–H and O–H groups in total. The number of carbonyl (C=O) groups is 2. The molecule has 0 aromatic carbocycles. The molecule has 0 aliphatic heterocycles. The third kappa shape index (κ3) is 6.23. The second kappa shape index (κ2) is 7.24. The van der Waals surface area contributed by atoms with E-state index >= 15 is 0 Å². The average molecular weight is 243 g/mol. The minimum atomic E-state index is -0.491.